The number of rotatable bonds is 2. The number of nitrogens with zero attached hydrogens (tertiary/aromatic N) is 2. The molecule has 3 rings (SSSR count). The Balaban J connectivity index is 0.00000161. The second-order valence-corrected chi connectivity index (χ2v) is 6.51. The first-order chi connectivity index (χ1) is 9.55. The highest BCUT2D eigenvalue weighted by molar-refractivity contribution is 6.29. The van der Waals surface area contributed by atoms with Gasteiger partial charge in [-0.1, -0.05) is 24.4 Å². The van der Waals surface area contributed by atoms with E-state index in [0.717, 1.165) is 38.8 Å². The zero-order valence-corrected chi connectivity index (χ0v) is 13.4. The van der Waals surface area contributed by atoms with E-state index in [0.29, 0.717) is 13.0 Å². The summed E-state index contributed by atoms with van der Waals surface area (Å²) in [5, 5.41) is 14.8. The summed E-state index contributed by atoms with van der Waals surface area (Å²) in [4.78, 5) is 15.9. The van der Waals surface area contributed by atoms with E-state index in [9.17, 15) is 9.90 Å². The van der Waals surface area contributed by atoms with E-state index in [1.165, 1.54) is 17.0 Å². The van der Waals surface area contributed by atoms with Crippen LogP contribution in [0.3, 0.4) is 0 Å². The number of hydrogen-bond donors (Lipinski definition) is 2. The Morgan fingerprint density at radius 3 is 2.76 bits per heavy atom. The van der Waals surface area contributed by atoms with Gasteiger partial charge < -0.3 is 10.4 Å². The third kappa shape index (κ3) is 2.97. The fourth-order valence-corrected chi connectivity index (χ4v) is 3.93. The monoisotopic (exact) mass is 333 g/mol. The molecule has 0 aromatic carbocycles. The minimum Gasteiger partial charge on any atom is -0.387 e. The second kappa shape index (κ2) is 6.24. The van der Waals surface area contributed by atoms with Crippen LogP contribution in [-0.4, -0.2) is 33.3 Å². The fraction of sp³-hybridized carbons (Fsp3) is 0.714. The molecule has 0 bridgehead atoms. The zero-order chi connectivity index (χ0) is 14.2. The highest BCUT2D eigenvalue weighted by atomic mass is 35.5. The van der Waals surface area contributed by atoms with Crippen molar-refractivity contribution in [1.82, 2.24) is 14.9 Å². The summed E-state index contributed by atoms with van der Waals surface area (Å²) in [6, 6.07) is 1.30. The molecule has 2 heterocycles. The van der Waals surface area contributed by atoms with E-state index in [4.69, 9.17) is 11.6 Å². The lowest BCUT2D eigenvalue weighted by Crippen LogP contribution is -2.60. The van der Waals surface area contributed by atoms with Crippen molar-refractivity contribution in [3.8, 4) is 0 Å². The van der Waals surface area contributed by atoms with Gasteiger partial charge in [0.25, 0.3) is 5.56 Å². The van der Waals surface area contributed by atoms with Gasteiger partial charge in [-0.15, -0.1) is 12.4 Å². The molecule has 1 spiro atoms. The van der Waals surface area contributed by atoms with Gasteiger partial charge in [-0.25, -0.2) is 4.98 Å². The van der Waals surface area contributed by atoms with Gasteiger partial charge in [-0.2, -0.15) is 0 Å². The molecule has 2 fully saturated rings. The Kier molecular flexibility index (Phi) is 4.98. The second-order valence-electron chi connectivity index (χ2n) is 6.12. The predicted molar refractivity (Wildman–Crippen MR) is 84.1 cm³/mol. The molecule has 1 saturated heterocycles. The van der Waals surface area contributed by atoms with Crippen LogP contribution in [0.25, 0.3) is 0 Å². The molecular weight excluding hydrogens is 313 g/mol. The molecule has 2 N–H and O–H groups in total. The van der Waals surface area contributed by atoms with Crippen molar-refractivity contribution in [2.24, 2.45) is 5.41 Å². The van der Waals surface area contributed by atoms with Crippen LogP contribution in [0.4, 0.5) is 0 Å². The maximum absolute atomic E-state index is 12.0. The molecule has 0 amide bonds. The fourth-order valence-electron chi connectivity index (χ4n) is 3.80. The first-order valence-electron chi connectivity index (χ1n) is 7.20. The first-order valence-corrected chi connectivity index (χ1v) is 7.58. The zero-order valence-electron chi connectivity index (χ0n) is 11.8. The summed E-state index contributed by atoms with van der Waals surface area (Å²) in [5.74, 6) is 0. The van der Waals surface area contributed by atoms with Crippen molar-refractivity contribution in [2.45, 2.75) is 44.2 Å². The van der Waals surface area contributed by atoms with Gasteiger partial charge in [0.2, 0.25) is 0 Å². The molecule has 1 unspecified atom stereocenters. The van der Waals surface area contributed by atoms with Crippen molar-refractivity contribution in [1.29, 1.82) is 0 Å². The Morgan fingerprint density at radius 1 is 1.38 bits per heavy atom. The Morgan fingerprint density at radius 2 is 2.10 bits per heavy atom. The summed E-state index contributed by atoms with van der Waals surface area (Å²) in [6.45, 7) is 1.92. The lowest BCUT2D eigenvalue weighted by atomic mass is 9.66. The van der Waals surface area contributed by atoms with Gasteiger partial charge in [-0.3, -0.25) is 9.36 Å². The number of nitrogens with one attached hydrogen (secondary N) is 1. The van der Waals surface area contributed by atoms with Crippen LogP contribution in [0.15, 0.2) is 17.2 Å². The Labute approximate surface area is 135 Å². The topological polar surface area (TPSA) is 67.2 Å². The predicted octanol–water partition coefficient (Wildman–Crippen LogP) is 1.60. The summed E-state index contributed by atoms with van der Waals surface area (Å²) < 4.78 is 1.48. The summed E-state index contributed by atoms with van der Waals surface area (Å²) >= 11 is 5.72. The van der Waals surface area contributed by atoms with Crippen LogP contribution in [0, 0.1) is 5.41 Å². The van der Waals surface area contributed by atoms with E-state index in [-0.39, 0.29) is 28.5 Å². The Hall–Kier alpha value is -0.620. The molecule has 1 aliphatic carbocycles. The van der Waals surface area contributed by atoms with Gasteiger partial charge in [0, 0.05) is 18.0 Å². The molecule has 118 valence electrons. The minimum absolute atomic E-state index is 0. The average Bonchev–Trinajstić information content (AvgIpc) is 2.87. The number of hydrogen-bond acceptors (Lipinski definition) is 4. The molecule has 1 saturated carbocycles. The molecule has 7 heteroatoms. The van der Waals surface area contributed by atoms with E-state index < -0.39 is 5.60 Å². The standard InChI is InChI=1S/C14H20ClN3O2.ClH/c15-11-7-12(19)18(10-17-11)9-14(20)5-6-16-8-13(14)3-1-2-4-13;/h7,10,16,20H,1-6,8-9H2;1H. The van der Waals surface area contributed by atoms with Crippen molar-refractivity contribution in [3.05, 3.63) is 27.9 Å². The summed E-state index contributed by atoms with van der Waals surface area (Å²) in [6.07, 6.45) is 6.45. The van der Waals surface area contributed by atoms with Crippen LogP contribution in [0.1, 0.15) is 32.1 Å². The maximum atomic E-state index is 12.0. The van der Waals surface area contributed by atoms with E-state index in [1.54, 1.807) is 0 Å². The average molecular weight is 334 g/mol. The third-order valence-electron chi connectivity index (χ3n) is 5.00. The largest absolute Gasteiger partial charge is 0.387 e. The lowest BCUT2D eigenvalue weighted by molar-refractivity contribution is -0.115. The lowest BCUT2D eigenvalue weighted by Gasteiger charge is -2.49. The van der Waals surface area contributed by atoms with Crippen molar-refractivity contribution >= 4 is 24.0 Å². The minimum atomic E-state index is -0.839. The Bertz CT molecular complexity index is 557. The molecule has 1 aliphatic heterocycles. The van der Waals surface area contributed by atoms with Gasteiger partial charge in [0.15, 0.2) is 0 Å². The van der Waals surface area contributed by atoms with E-state index in [2.05, 4.69) is 10.3 Å². The SMILES string of the molecule is Cl.O=c1cc(Cl)ncn1CC1(O)CCNCC12CCCC2. The number of aromatic nitrogens is 2. The van der Waals surface area contributed by atoms with E-state index >= 15 is 0 Å². The molecule has 1 aromatic rings. The normalized spacial score (nSPS) is 27.5. The van der Waals surface area contributed by atoms with Gasteiger partial charge in [-0.05, 0) is 25.8 Å². The molecular formula is C14H21Cl2N3O2. The number of piperidine rings is 1. The maximum Gasteiger partial charge on any atom is 0.254 e. The van der Waals surface area contributed by atoms with Crippen LogP contribution >= 0.6 is 24.0 Å². The smallest absolute Gasteiger partial charge is 0.254 e. The molecule has 2 aliphatic rings. The van der Waals surface area contributed by atoms with Crippen LogP contribution in [-0.2, 0) is 6.54 Å². The van der Waals surface area contributed by atoms with Gasteiger partial charge in [0.05, 0.1) is 18.5 Å². The number of aliphatic hydroxyl groups is 1. The van der Waals surface area contributed by atoms with E-state index in [1.807, 2.05) is 0 Å². The number of halogens is 2. The quantitative estimate of drug-likeness (QED) is 0.807. The van der Waals surface area contributed by atoms with Crippen LogP contribution < -0.4 is 10.9 Å². The summed E-state index contributed by atoms with van der Waals surface area (Å²) in [7, 11) is 0. The van der Waals surface area contributed by atoms with Crippen molar-refractivity contribution < 1.29 is 5.11 Å². The highest BCUT2D eigenvalue weighted by Gasteiger charge is 2.53. The van der Waals surface area contributed by atoms with Crippen LogP contribution in [0.2, 0.25) is 5.15 Å². The molecule has 5 nitrogen and oxygen atoms in total. The summed E-state index contributed by atoms with van der Waals surface area (Å²) in [5.41, 5.74) is -1.15. The van der Waals surface area contributed by atoms with Crippen LogP contribution in [0.5, 0.6) is 0 Å². The molecule has 1 aromatic heterocycles. The molecule has 1 atom stereocenters. The van der Waals surface area contributed by atoms with Crippen molar-refractivity contribution in [3.63, 3.8) is 0 Å². The van der Waals surface area contributed by atoms with Gasteiger partial charge in [0.1, 0.15) is 5.15 Å². The molecule has 21 heavy (non-hydrogen) atoms. The first kappa shape index (κ1) is 16.7. The van der Waals surface area contributed by atoms with Crippen molar-refractivity contribution in [2.75, 3.05) is 13.1 Å². The van der Waals surface area contributed by atoms with Gasteiger partial charge >= 0.3 is 0 Å². The highest BCUT2D eigenvalue weighted by Crippen LogP contribution is 2.49. The third-order valence-corrected chi connectivity index (χ3v) is 5.21. The molecule has 0 radical (unpaired) electrons.